The molecule has 1 aliphatic rings. The van der Waals surface area contributed by atoms with Crippen LogP contribution in [0.4, 0.5) is 0 Å². The van der Waals surface area contributed by atoms with Crippen LogP contribution >= 0.6 is 0 Å². The van der Waals surface area contributed by atoms with Crippen molar-refractivity contribution in [3.63, 3.8) is 0 Å². The third-order valence-corrected chi connectivity index (χ3v) is 3.95. The highest BCUT2D eigenvalue weighted by Gasteiger charge is 2.26. The summed E-state index contributed by atoms with van der Waals surface area (Å²) in [6.07, 6.45) is 9.92. The summed E-state index contributed by atoms with van der Waals surface area (Å²) in [5, 5.41) is 0. The van der Waals surface area contributed by atoms with E-state index in [1.165, 1.54) is 18.4 Å². The van der Waals surface area contributed by atoms with Gasteiger partial charge in [0, 0.05) is 11.5 Å². The van der Waals surface area contributed by atoms with Gasteiger partial charge in [-0.05, 0) is 12.8 Å². The topological polar surface area (TPSA) is 33.8 Å². The van der Waals surface area contributed by atoms with Crippen molar-refractivity contribution in [1.29, 1.82) is 0 Å². The average molecular weight is 267 g/mol. The van der Waals surface area contributed by atoms with Gasteiger partial charge in [-0.1, -0.05) is 43.2 Å². The lowest BCUT2D eigenvalue weighted by Crippen LogP contribution is -2.35. The molecule has 0 aliphatic heterocycles. The molecule has 0 saturated heterocycles. The first-order chi connectivity index (χ1) is 9.83. The number of Topliss-reactive ketones (excluding diaryl/α,β-unsaturated/α-hetero) is 1. The summed E-state index contributed by atoms with van der Waals surface area (Å²) >= 11 is 0. The Labute approximate surface area is 119 Å². The molecular weight excluding hydrogens is 248 g/mol. The lowest BCUT2D eigenvalue weighted by molar-refractivity contribution is -0.689. The second-order valence-electron chi connectivity index (χ2n) is 5.45. The second-order valence-corrected chi connectivity index (χ2v) is 5.45. The van der Waals surface area contributed by atoms with Crippen LogP contribution in [0.25, 0.3) is 0 Å². The van der Waals surface area contributed by atoms with Crippen LogP contribution in [0.2, 0.25) is 0 Å². The van der Waals surface area contributed by atoms with E-state index in [4.69, 9.17) is 0 Å². The van der Waals surface area contributed by atoms with Gasteiger partial charge in [0.1, 0.15) is 0 Å². The summed E-state index contributed by atoms with van der Waals surface area (Å²) in [5.74, 6) is 0.403. The molecule has 20 heavy (non-hydrogen) atoms. The Kier molecular flexibility index (Phi) is 3.86. The van der Waals surface area contributed by atoms with Gasteiger partial charge < -0.3 is 0 Å². The molecule has 1 aliphatic carbocycles. The summed E-state index contributed by atoms with van der Waals surface area (Å²) in [5.41, 5.74) is 1.83. The number of hydrogen-bond acceptors (Lipinski definition) is 2. The van der Waals surface area contributed by atoms with Crippen molar-refractivity contribution in [2.24, 2.45) is 5.92 Å². The van der Waals surface area contributed by atoms with Crippen LogP contribution in [0.15, 0.2) is 48.9 Å². The van der Waals surface area contributed by atoms with Crippen molar-refractivity contribution in [3.8, 4) is 0 Å². The number of carbonyl (C=O) groups excluding carboxylic acids is 1. The van der Waals surface area contributed by atoms with E-state index in [2.05, 4.69) is 17.1 Å². The van der Waals surface area contributed by atoms with Gasteiger partial charge in [-0.25, -0.2) is 4.98 Å². The van der Waals surface area contributed by atoms with Gasteiger partial charge in [-0.2, -0.15) is 4.57 Å². The number of rotatable bonds is 4. The first-order valence-corrected chi connectivity index (χ1v) is 7.26. The highest BCUT2D eigenvalue weighted by Crippen LogP contribution is 2.27. The molecule has 0 radical (unpaired) electrons. The lowest BCUT2D eigenvalue weighted by atomic mass is 10.0. The molecule has 1 saturated carbocycles. The maximum Gasteiger partial charge on any atom is 0.198 e. The van der Waals surface area contributed by atoms with E-state index >= 15 is 0 Å². The first-order valence-electron chi connectivity index (χ1n) is 7.26. The van der Waals surface area contributed by atoms with E-state index in [1.54, 1.807) is 6.20 Å². The third kappa shape index (κ3) is 2.93. The summed E-state index contributed by atoms with van der Waals surface area (Å²) in [6.45, 7) is 0.772. The van der Waals surface area contributed by atoms with Crippen molar-refractivity contribution < 1.29 is 9.36 Å². The number of hydrogen-bond donors (Lipinski definition) is 0. The Morgan fingerprint density at radius 3 is 2.70 bits per heavy atom. The van der Waals surface area contributed by atoms with Crippen molar-refractivity contribution in [2.45, 2.75) is 32.2 Å². The summed E-state index contributed by atoms with van der Waals surface area (Å²) in [7, 11) is 0. The van der Waals surface area contributed by atoms with Crippen LogP contribution in [0, 0.1) is 5.92 Å². The maximum atomic E-state index is 12.4. The largest absolute Gasteiger partial charge is 0.292 e. The SMILES string of the molecule is O=C(c1c[n+](Cc2ccccc2)ccn1)C1CCCC1. The van der Waals surface area contributed by atoms with Gasteiger partial charge in [-0.15, -0.1) is 0 Å². The highest BCUT2D eigenvalue weighted by molar-refractivity contribution is 5.95. The fraction of sp³-hybridized carbons (Fsp3) is 0.353. The molecule has 0 bridgehead atoms. The van der Waals surface area contributed by atoms with E-state index < -0.39 is 0 Å². The Morgan fingerprint density at radius 2 is 1.95 bits per heavy atom. The molecule has 1 fully saturated rings. The lowest BCUT2D eigenvalue weighted by Gasteiger charge is -2.05. The molecule has 0 atom stereocenters. The van der Waals surface area contributed by atoms with Crippen LogP contribution in [-0.4, -0.2) is 10.8 Å². The third-order valence-electron chi connectivity index (χ3n) is 3.95. The standard InChI is InChI=1S/C17H19N2O/c20-17(15-8-4-5-9-15)16-13-19(11-10-18-16)12-14-6-2-1-3-7-14/h1-3,6-7,10-11,13,15H,4-5,8-9,12H2/q+1. The zero-order valence-corrected chi connectivity index (χ0v) is 11.5. The van der Waals surface area contributed by atoms with Crippen LogP contribution in [-0.2, 0) is 6.54 Å². The monoisotopic (exact) mass is 267 g/mol. The summed E-state index contributed by atoms with van der Waals surface area (Å²) in [4.78, 5) is 16.6. The van der Waals surface area contributed by atoms with Crippen LogP contribution in [0.5, 0.6) is 0 Å². The fourth-order valence-corrected chi connectivity index (χ4v) is 2.85. The van der Waals surface area contributed by atoms with Crippen molar-refractivity contribution in [1.82, 2.24) is 4.98 Å². The fourth-order valence-electron chi connectivity index (χ4n) is 2.85. The molecule has 102 valence electrons. The van der Waals surface area contributed by atoms with Crippen molar-refractivity contribution in [3.05, 3.63) is 60.2 Å². The van der Waals surface area contributed by atoms with Crippen LogP contribution in [0.3, 0.4) is 0 Å². The Morgan fingerprint density at radius 1 is 1.20 bits per heavy atom. The van der Waals surface area contributed by atoms with Crippen molar-refractivity contribution >= 4 is 5.78 Å². The first kappa shape index (κ1) is 13.0. The summed E-state index contributed by atoms with van der Waals surface area (Å²) in [6, 6.07) is 10.2. The second kappa shape index (κ2) is 5.95. The van der Waals surface area contributed by atoms with Gasteiger partial charge in [0.2, 0.25) is 0 Å². The van der Waals surface area contributed by atoms with E-state index in [0.29, 0.717) is 5.69 Å². The minimum absolute atomic E-state index is 0.190. The van der Waals surface area contributed by atoms with Gasteiger partial charge >= 0.3 is 0 Å². The molecule has 0 spiro atoms. The zero-order valence-electron chi connectivity index (χ0n) is 11.5. The molecule has 1 aromatic heterocycles. The molecule has 3 heteroatoms. The van der Waals surface area contributed by atoms with E-state index in [0.717, 1.165) is 19.4 Å². The number of aromatic nitrogens is 2. The van der Waals surface area contributed by atoms with Gasteiger partial charge in [0.25, 0.3) is 0 Å². The summed E-state index contributed by atoms with van der Waals surface area (Å²) < 4.78 is 2.03. The van der Waals surface area contributed by atoms with Crippen LogP contribution < -0.4 is 4.57 Å². The quantitative estimate of drug-likeness (QED) is 0.630. The van der Waals surface area contributed by atoms with E-state index in [1.807, 2.05) is 35.2 Å². The predicted octanol–water partition coefficient (Wildman–Crippen LogP) is 2.79. The molecule has 0 N–H and O–H groups in total. The molecule has 1 aromatic carbocycles. The van der Waals surface area contributed by atoms with Gasteiger partial charge in [0.15, 0.2) is 30.4 Å². The zero-order chi connectivity index (χ0) is 13.8. The molecule has 0 unspecified atom stereocenters. The Balaban J connectivity index is 1.77. The Hall–Kier alpha value is -2.03. The molecule has 0 amide bonds. The maximum absolute atomic E-state index is 12.4. The average Bonchev–Trinajstić information content (AvgIpc) is 3.02. The normalized spacial score (nSPS) is 15.4. The van der Waals surface area contributed by atoms with E-state index in [9.17, 15) is 4.79 Å². The predicted molar refractivity (Wildman–Crippen MR) is 76.3 cm³/mol. The minimum atomic E-state index is 0.190. The number of nitrogens with zero attached hydrogens (tertiary/aromatic N) is 2. The number of benzene rings is 1. The molecule has 3 nitrogen and oxygen atoms in total. The number of ketones is 1. The van der Waals surface area contributed by atoms with Gasteiger partial charge in [0.05, 0.1) is 6.20 Å². The molecule has 2 aromatic rings. The minimum Gasteiger partial charge on any atom is -0.292 e. The molecule has 1 heterocycles. The highest BCUT2D eigenvalue weighted by atomic mass is 16.1. The van der Waals surface area contributed by atoms with Crippen LogP contribution in [0.1, 0.15) is 41.7 Å². The smallest absolute Gasteiger partial charge is 0.198 e. The number of carbonyl (C=O) groups is 1. The molecular formula is C17H19N2O+. The van der Waals surface area contributed by atoms with E-state index in [-0.39, 0.29) is 11.7 Å². The van der Waals surface area contributed by atoms with Gasteiger partial charge in [-0.3, -0.25) is 4.79 Å². The Bertz CT molecular complexity index is 589. The molecule has 3 rings (SSSR count). The van der Waals surface area contributed by atoms with Crippen molar-refractivity contribution in [2.75, 3.05) is 0 Å².